The molecule has 7 aromatic carbocycles. The Kier molecular flexibility index (Phi) is 31.0. The predicted octanol–water partition coefficient (Wildman–Crippen LogP) is 12.1. The summed E-state index contributed by atoms with van der Waals surface area (Å²) in [6.07, 6.45) is -21.7. The molecule has 4 fully saturated rings. The molecule has 0 spiro atoms. The number of fused-ring (bicyclic) bond motifs is 1. The smallest absolute Gasteiger partial charge is 0.493 e. The van der Waals surface area contributed by atoms with E-state index in [1.54, 1.807) is 24.3 Å². The van der Waals surface area contributed by atoms with Crippen LogP contribution in [0.4, 0.5) is 4.79 Å². The molecule has 0 unspecified atom stereocenters. The molecule has 18 atom stereocenters. The SMILES string of the molecule is CC[Si](CC)(CC)O[C@H]1[C@H](O[C@@H]2O[C@H](COCc3ccccc3)[C@@H]3OC(=O)O[C@@H]3[C@H]2OCc2ccccc2)[C@@H](NS(=O)(=O)c2ccccc2)[C@H](O[C@H]2[C@@H](OC(C)=O)[C@@H](COC(=O)CCC(C)=O)O[C@@H](O[C@H]3[C@H](OCc4ccccc4)C=CO[C@@H]3COCc3ccccc3)[C@@H]2OCc2ccccc2)O[C@@H]1COCc1ccccc1. The van der Waals surface area contributed by atoms with Crippen molar-refractivity contribution in [2.45, 2.75) is 220 Å². The number of rotatable bonds is 41. The maximum atomic E-state index is 15.9. The molecule has 0 aliphatic carbocycles. The molecule has 113 heavy (non-hydrogen) atoms. The van der Waals surface area contributed by atoms with Crippen LogP contribution in [0.3, 0.4) is 0 Å². The molecule has 4 saturated heterocycles. The quantitative estimate of drug-likeness (QED) is 0.0212. The Bertz CT molecular complexity index is 4190. The largest absolute Gasteiger partial charge is 0.509 e. The molecular weight excluding hydrogens is 1490 g/mol. The fourth-order valence-corrected chi connectivity index (χ4v) is 18.4. The summed E-state index contributed by atoms with van der Waals surface area (Å²) >= 11 is 0. The number of esters is 2. The molecule has 25 nitrogen and oxygen atoms in total. The molecule has 5 aliphatic heterocycles. The van der Waals surface area contributed by atoms with Crippen LogP contribution in [0.1, 0.15) is 80.8 Å². The molecule has 0 aromatic heterocycles. The van der Waals surface area contributed by atoms with E-state index in [0.29, 0.717) is 23.7 Å². The Morgan fingerprint density at radius 1 is 0.434 bits per heavy atom. The molecule has 0 bridgehead atoms. The molecular formula is C86H101NO24SSi. The zero-order chi connectivity index (χ0) is 78.9. The summed E-state index contributed by atoms with van der Waals surface area (Å²) in [5, 5.41) is 0. The third kappa shape index (κ3) is 23.4. The van der Waals surface area contributed by atoms with E-state index >= 15 is 8.42 Å². The van der Waals surface area contributed by atoms with E-state index in [0.717, 1.165) is 27.8 Å². The van der Waals surface area contributed by atoms with Crippen molar-refractivity contribution in [3.05, 3.63) is 258 Å². The Hall–Kier alpha value is -8.43. The second-order valence-electron chi connectivity index (χ2n) is 28.4. The first kappa shape index (κ1) is 84.0. The van der Waals surface area contributed by atoms with Crippen LogP contribution in [-0.4, -0.2) is 177 Å². The Labute approximate surface area is 661 Å². The number of sulfonamides is 1. The highest BCUT2D eigenvalue weighted by molar-refractivity contribution is 7.89. The third-order valence-corrected chi connectivity index (χ3v) is 26.6. The fraction of sp³-hybridized carbons (Fsp3) is 0.442. The number of nitrogens with one attached hydrogen (secondary N) is 1. The first-order chi connectivity index (χ1) is 55.0. The fourth-order valence-electron chi connectivity index (χ4n) is 14.3. The van der Waals surface area contributed by atoms with Crippen molar-refractivity contribution in [2.75, 3.05) is 26.4 Å². The van der Waals surface area contributed by atoms with Gasteiger partial charge in [0, 0.05) is 13.3 Å². The number of hydrogen-bond acceptors (Lipinski definition) is 24. The van der Waals surface area contributed by atoms with Crippen molar-refractivity contribution in [3.8, 4) is 0 Å². The zero-order valence-electron chi connectivity index (χ0n) is 64.1. The number of benzene rings is 7. The van der Waals surface area contributed by atoms with Gasteiger partial charge in [-0.1, -0.05) is 221 Å². The second-order valence-corrected chi connectivity index (χ2v) is 34.8. The van der Waals surface area contributed by atoms with E-state index in [2.05, 4.69) is 4.72 Å². The summed E-state index contributed by atoms with van der Waals surface area (Å²) < 4.78 is 158. The minimum Gasteiger partial charge on any atom is -0.493 e. The number of hydrogen-bond donors (Lipinski definition) is 1. The number of ether oxygens (including phenoxy) is 17. The highest BCUT2D eigenvalue weighted by atomic mass is 32.2. The van der Waals surface area contributed by atoms with Gasteiger partial charge in [-0.2, -0.15) is 0 Å². The highest BCUT2D eigenvalue weighted by Crippen LogP contribution is 2.42. The van der Waals surface area contributed by atoms with Gasteiger partial charge in [0.1, 0.15) is 79.5 Å². The Balaban J connectivity index is 1.03. The molecule has 1 N–H and O–H groups in total. The number of carbonyl (C=O) groups is 4. The van der Waals surface area contributed by atoms with Crippen LogP contribution >= 0.6 is 0 Å². The molecule has 604 valence electrons. The topological polar surface area (TPSA) is 281 Å². The highest BCUT2D eigenvalue weighted by Gasteiger charge is 2.61. The van der Waals surface area contributed by atoms with E-state index < -0.39 is 153 Å². The maximum Gasteiger partial charge on any atom is 0.509 e. The molecule has 12 rings (SSSR count). The predicted molar refractivity (Wildman–Crippen MR) is 412 cm³/mol. The summed E-state index contributed by atoms with van der Waals surface area (Å²) in [7, 11) is -7.74. The van der Waals surface area contributed by atoms with Crippen molar-refractivity contribution in [3.63, 3.8) is 0 Å². The van der Waals surface area contributed by atoms with Crippen molar-refractivity contribution in [2.24, 2.45) is 0 Å². The van der Waals surface area contributed by atoms with Crippen molar-refractivity contribution >= 4 is 42.2 Å². The Morgan fingerprint density at radius 3 is 1.37 bits per heavy atom. The van der Waals surface area contributed by atoms with Crippen LogP contribution in [0.25, 0.3) is 0 Å². The molecule has 0 radical (unpaired) electrons. The van der Waals surface area contributed by atoms with Gasteiger partial charge >= 0.3 is 18.1 Å². The standard InChI is InChI=1S/C86H101NO24SSi/c1-6-113(7-2,8-3)111-77-70(56-96-50-62-34-20-11-21-35-62)103-83(73(87-112(92,93)66-42-28-15-29-43-66)78(77)107-85-82(101-53-65-40-26-14-27-41-65)80-76(109-86(91)110-80)69(104-85)55-95-49-61-32-18-10-19-33-61)108-79-75(102-59(5)89)71(57-99-72(90)45-44-58(4)88)105-84(81(79)100-52-64-38-24-13-25-39-64)106-74-67(98-51-63-36-22-12-23-37-63)46-47-97-68(74)54-94-48-60-30-16-9-17-31-60/h9-43,46-47,67-71,73-85,87H,6-8,44-45,48-57H2,1-5H3/t67-,68-,69-,70-,71-,73-,74+,75+,76+,77-,78-,79+,80+,81-,82-,83+,84+,85+/m1/s1. The number of ketones is 1. The van der Waals surface area contributed by atoms with Gasteiger partial charge in [-0.3, -0.25) is 9.59 Å². The van der Waals surface area contributed by atoms with Gasteiger partial charge in [0.15, 0.2) is 51.6 Å². The third-order valence-electron chi connectivity index (χ3n) is 20.5. The van der Waals surface area contributed by atoms with E-state index in [1.165, 1.54) is 32.2 Å². The van der Waals surface area contributed by atoms with Crippen LogP contribution in [0.15, 0.2) is 230 Å². The van der Waals surface area contributed by atoms with Crippen LogP contribution in [0.2, 0.25) is 18.1 Å². The molecule has 5 aliphatic rings. The van der Waals surface area contributed by atoms with Crippen LogP contribution in [-0.2, 0) is 149 Å². The van der Waals surface area contributed by atoms with Gasteiger partial charge in [0.05, 0.1) is 77.0 Å². The lowest BCUT2D eigenvalue weighted by atomic mass is 9.94. The van der Waals surface area contributed by atoms with E-state index in [-0.39, 0.29) is 83.0 Å². The monoisotopic (exact) mass is 1590 g/mol. The zero-order valence-corrected chi connectivity index (χ0v) is 65.9. The van der Waals surface area contributed by atoms with E-state index in [4.69, 9.17) is 85.0 Å². The summed E-state index contributed by atoms with van der Waals surface area (Å²) in [5.41, 5.74) is 4.80. The lowest BCUT2D eigenvalue weighted by Gasteiger charge is -2.53. The summed E-state index contributed by atoms with van der Waals surface area (Å²) in [6, 6.07) is 64.2. The molecule has 5 heterocycles. The number of carbonyl (C=O) groups excluding carboxylic acids is 4. The summed E-state index contributed by atoms with van der Waals surface area (Å²) in [4.78, 5) is 54.0. The second kappa shape index (κ2) is 41.7. The average molecular weight is 1590 g/mol. The molecule has 0 saturated carbocycles. The molecule has 0 amide bonds. The van der Waals surface area contributed by atoms with Crippen LogP contribution < -0.4 is 4.72 Å². The minimum absolute atomic E-state index is 0.0541. The normalized spacial score (nSPS) is 26.9. The van der Waals surface area contributed by atoms with Gasteiger partial charge < -0.3 is 89.7 Å². The lowest BCUT2D eigenvalue weighted by molar-refractivity contribution is -0.374. The lowest BCUT2D eigenvalue weighted by Crippen LogP contribution is -2.71. The van der Waals surface area contributed by atoms with Crippen LogP contribution in [0, 0.1) is 0 Å². The van der Waals surface area contributed by atoms with Gasteiger partial charge in [0.25, 0.3) is 0 Å². The Morgan fingerprint density at radius 2 is 0.858 bits per heavy atom. The number of Topliss-reactive ketones (excluding diaryl/α,β-unsaturated/α-hetero) is 1. The van der Waals surface area contributed by atoms with Crippen molar-refractivity contribution in [1.29, 1.82) is 0 Å². The van der Waals surface area contributed by atoms with Gasteiger partial charge in [-0.15, -0.1) is 0 Å². The first-order valence-electron chi connectivity index (χ1n) is 38.6. The van der Waals surface area contributed by atoms with Crippen molar-refractivity contribution in [1.82, 2.24) is 4.72 Å². The van der Waals surface area contributed by atoms with Gasteiger partial charge in [0.2, 0.25) is 10.0 Å². The van der Waals surface area contributed by atoms with E-state index in [1.807, 2.05) is 203 Å². The van der Waals surface area contributed by atoms with Crippen LogP contribution in [0.5, 0.6) is 0 Å². The maximum absolute atomic E-state index is 15.9. The van der Waals surface area contributed by atoms with Crippen molar-refractivity contribution < 1.29 is 113 Å². The first-order valence-corrected chi connectivity index (χ1v) is 42.6. The van der Waals surface area contributed by atoms with Gasteiger partial charge in [-0.05, 0) is 76.6 Å². The molecule has 7 aromatic rings. The van der Waals surface area contributed by atoms with Gasteiger partial charge in [-0.25, -0.2) is 17.9 Å². The average Bonchev–Trinajstić information content (AvgIpc) is 1.68. The summed E-state index contributed by atoms with van der Waals surface area (Å²) in [5.74, 6) is -1.90. The minimum atomic E-state index is -4.76. The van der Waals surface area contributed by atoms with E-state index in [9.17, 15) is 19.2 Å². The molecule has 27 heteroatoms. The summed E-state index contributed by atoms with van der Waals surface area (Å²) in [6.45, 7) is 7.84.